The molecule has 1 heterocycles. The van der Waals surface area contributed by atoms with Gasteiger partial charge in [0, 0.05) is 18.4 Å². The van der Waals surface area contributed by atoms with E-state index in [4.69, 9.17) is 0 Å². The fraction of sp³-hybridized carbons (Fsp3) is 0.278. The minimum absolute atomic E-state index is 0.00170. The molecule has 3 heteroatoms. The molecule has 3 rings (SSSR count). The third-order valence-electron chi connectivity index (χ3n) is 4.09. The topological polar surface area (TPSA) is 29.1 Å². The van der Waals surface area contributed by atoms with E-state index in [1.807, 2.05) is 43.3 Å². The predicted molar refractivity (Wildman–Crippen MR) is 80.6 cm³/mol. The molecule has 1 aliphatic rings. The number of aryl methyl sites for hydroxylation is 1. The minimum Gasteiger partial charge on any atom is -0.352 e. The summed E-state index contributed by atoms with van der Waals surface area (Å²) in [5.41, 5.74) is 2.82. The van der Waals surface area contributed by atoms with Crippen LogP contribution in [0.5, 0.6) is 0 Å². The molecule has 1 saturated heterocycles. The van der Waals surface area contributed by atoms with Gasteiger partial charge in [0.25, 0.3) is 0 Å². The second-order valence-electron chi connectivity index (χ2n) is 5.70. The third kappa shape index (κ3) is 2.97. The van der Waals surface area contributed by atoms with Crippen LogP contribution in [0.2, 0.25) is 0 Å². The summed E-state index contributed by atoms with van der Waals surface area (Å²) in [6, 6.07) is 15.1. The molecule has 21 heavy (non-hydrogen) atoms. The van der Waals surface area contributed by atoms with Gasteiger partial charge in [0.2, 0.25) is 5.91 Å². The molecule has 0 aromatic heterocycles. The van der Waals surface area contributed by atoms with E-state index in [2.05, 4.69) is 5.32 Å². The lowest BCUT2D eigenvalue weighted by Gasteiger charge is -2.20. The number of hydrogen-bond donors (Lipinski definition) is 1. The lowest BCUT2D eigenvalue weighted by atomic mass is 9.87. The van der Waals surface area contributed by atoms with Gasteiger partial charge in [-0.15, -0.1) is 0 Å². The number of nitrogens with one attached hydrogen (secondary N) is 1. The van der Waals surface area contributed by atoms with Crippen molar-refractivity contribution in [1.29, 1.82) is 0 Å². The Morgan fingerprint density at radius 1 is 1.19 bits per heavy atom. The van der Waals surface area contributed by atoms with E-state index in [9.17, 15) is 9.18 Å². The van der Waals surface area contributed by atoms with Gasteiger partial charge in [-0.1, -0.05) is 48.0 Å². The van der Waals surface area contributed by atoms with Crippen molar-refractivity contribution in [2.45, 2.75) is 31.7 Å². The molecule has 2 aromatic carbocycles. The van der Waals surface area contributed by atoms with Crippen LogP contribution in [-0.4, -0.2) is 11.9 Å². The van der Waals surface area contributed by atoms with E-state index in [0.717, 1.165) is 17.5 Å². The Bertz CT molecular complexity index is 654. The van der Waals surface area contributed by atoms with E-state index in [1.54, 1.807) is 6.07 Å². The van der Waals surface area contributed by atoms with Crippen LogP contribution in [0.3, 0.4) is 0 Å². The van der Waals surface area contributed by atoms with Gasteiger partial charge in [0.1, 0.15) is 5.82 Å². The van der Waals surface area contributed by atoms with Crippen LogP contribution in [0.15, 0.2) is 48.5 Å². The highest BCUT2D eigenvalue weighted by Gasteiger charge is 2.34. The van der Waals surface area contributed by atoms with Crippen LogP contribution < -0.4 is 5.32 Å². The molecule has 0 radical (unpaired) electrons. The molecule has 1 amide bonds. The summed E-state index contributed by atoms with van der Waals surface area (Å²) in [7, 11) is 0. The zero-order chi connectivity index (χ0) is 14.8. The second-order valence-corrected chi connectivity index (χ2v) is 5.70. The summed E-state index contributed by atoms with van der Waals surface area (Å²) in [5.74, 6) is -0.320. The first-order chi connectivity index (χ1) is 10.1. The summed E-state index contributed by atoms with van der Waals surface area (Å²) in [4.78, 5) is 11.8. The molecule has 0 bridgehead atoms. The lowest BCUT2D eigenvalue weighted by molar-refractivity contribution is -0.119. The lowest BCUT2D eigenvalue weighted by Crippen LogP contribution is -2.30. The van der Waals surface area contributed by atoms with Crippen LogP contribution in [0, 0.1) is 12.7 Å². The Kier molecular flexibility index (Phi) is 3.74. The molecule has 1 N–H and O–H groups in total. The predicted octanol–water partition coefficient (Wildman–Crippen LogP) is 3.35. The summed E-state index contributed by atoms with van der Waals surface area (Å²) >= 11 is 0. The van der Waals surface area contributed by atoms with E-state index >= 15 is 0 Å². The number of halogens is 1. The SMILES string of the molecule is Cc1ccc(F)c(C2CC(=O)NC2Cc2ccccc2)c1. The van der Waals surface area contributed by atoms with E-state index < -0.39 is 0 Å². The standard InChI is InChI=1S/C18H18FNO/c1-12-7-8-16(19)14(9-12)15-11-18(21)20-17(15)10-13-5-3-2-4-6-13/h2-9,15,17H,10-11H2,1H3,(H,20,21). The first-order valence-corrected chi connectivity index (χ1v) is 7.23. The van der Waals surface area contributed by atoms with E-state index in [0.29, 0.717) is 12.0 Å². The second kappa shape index (κ2) is 5.68. The van der Waals surface area contributed by atoms with E-state index in [1.165, 1.54) is 6.07 Å². The van der Waals surface area contributed by atoms with Crippen molar-refractivity contribution in [2.75, 3.05) is 0 Å². The Hall–Kier alpha value is -2.16. The maximum Gasteiger partial charge on any atom is 0.220 e. The molecule has 2 atom stereocenters. The Balaban J connectivity index is 1.89. The van der Waals surface area contributed by atoms with Gasteiger partial charge in [0.15, 0.2) is 0 Å². The monoisotopic (exact) mass is 283 g/mol. The maximum absolute atomic E-state index is 14.1. The zero-order valence-electron chi connectivity index (χ0n) is 12.0. The molecule has 0 saturated carbocycles. The normalized spacial score (nSPS) is 21.3. The fourth-order valence-electron chi connectivity index (χ4n) is 3.04. The Labute approximate surface area is 124 Å². The van der Waals surface area contributed by atoms with Gasteiger partial charge < -0.3 is 5.32 Å². The highest BCUT2D eigenvalue weighted by molar-refractivity contribution is 5.80. The number of rotatable bonds is 3. The Morgan fingerprint density at radius 2 is 1.95 bits per heavy atom. The highest BCUT2D eigenvalue weighted by Crippen LogP contribution is 2.32. The molecule has 2 unspecified atom stereocenters. The summed E-state index contributed by atoms with van der Waals surface area (Å²) in [5, 5.41) is 2.99. The summed E-state index contributed by atoms with van der Waals surface area (Å²) in [6.45, 7) is 1.94. The van der Waals surface area contributed by atoms with Gasteiger partial charge >= 0.3 is 0 Å². The summed E-state index contributed by atoms with van der Waals surface area (Å²) in [6.07, 6.45) is 1.09. The van der Waals surface area contributed by atoms with Crippen LogP contribution >= 0.6 is 0 Å². The van der Waals surface area contributed by atoms with Crippen molar-refractivity contribution < 1.29 is 9.18 Å². The van der Waals surface area contributed by atoms with Gasteiger partial charge in [-0.3, -0.25) is 4.79 Å². The quantitative estimate of drug-likeness (QED) is 0.919. The van der Waals surface area contributed by atoms with E-state index in [-0.39, 0.29) is 23.7 Å². The zero-order valence-corrected chi connectivity index (χ0v) is 12.0. The average Bonchev–Trinajstić information content (AvgIpc) is 2.83. The number of amides is 1. The van der Waals surface area contributed by atoms with Gasteiger partial charge in [-0.25, -0.2) is 4.39 Å². The van der Waals surface area contributed by atoms with Gasteiger partial charge in [-0.05, 0) is 30.5 Å². The highest BCUT2D eigenvalue weighted by atomic mass is 19.1. The first-order valence-electron chi connectivity index (χ1n) is 7.23. The van der Waals surface area contributed by atoms with Crippen LogP contribution in [-0.2, 0) is 11.2 Å². The summed E-state index contributed by atoms with van der Waals surface area (Å²) < 4.78 is 14.1. The fourth-order valence-corrected chi connectivity index (χ4v) is 3.04. The molecule has 0 aliphatic carbocycles. The molecule has 2 aromatic rings. The molecule has 1 aliphatic heterocycles. The van der Waals surface area contributed by atoms with Gasteiger partial charge in [-0.2, -0.15) is 0 Å². The number of benzene rings is 2. The molecule has 0 spiro atoms. The van der Waals surface area contributed by atoms with Crippen LogP contribution in [0.1, 0.15) is 29.0 Å². The third-order valence-corrected chi connectivity index (χ3v) is 4.09. The molecular weight excluding hydrogens is 265 g/mol. The van der Waals surface area contributed by atoms with Crippen molar-refractivity contribution in [1.82, 2.24) is 5.32 Å². The van der Waals surface area contributed by atoms with Crippen molar-refractivity contribution in [2.24, 2.45) is 0 Å². The molecule has 108 valence electrons. The molecule has 1 fully saturated rings. The minimum atomic E-state index is -0.222. The van der Waals surface area contributed by atoms with Crippen molar-refractivity contribution in [3.63, 3.8) is 0 Å². The van der Waals surface area contributed by atoms with Crippen molar-refractivity contribution in [3.05, 3.63) is 71.0 Å². The van der Waals surface area contributed by atoms with Crippen molar-refractivity contribution >= 4 is 5.91 Å². The largest absolute Gasteiger partial charge is 0.352 e. The number of hydrogen-bond acceptors (Lipinski definition) is 1. The van der Waals surface area contributed by atoms with Crippen molar-refractivity contribution in [3.8, 4) is 0 Å². The molecule has 2 nitrogen and oxygen atoms in total. The van der Waals surface area contributed by atoms with Crippen LogP contribution in [0.4, 0.5) is 4.39 Å². The molecular formula is C18H18FNO. The van der Waals surface area contributed by atoms with Crippen LogP contribution in [0.25, 0.3) is 0 Å². The number of carbonyl (C=O) groups is 1. The smallest absolute Gasteiger partial charge is 0.220 e. The maximum atomic E-state index is 14.1. The Morgan fingerprint density at radius 3 is 2.71 bits per heavy atom. The first kappa shape index (κ1) is 13.8. The van der Waals surface area contributed by atoms with Gasteiger partial charge in [0.05, 0.1) is 0 Å². The average molecular weight is 283 g/mol. The number of carbonyl (C=O) groups excluding carboxylic acids is 1.